The van der Waals surface area contributed by atoms with Gasteiger partial charge in [-0.25, -0.2) is 4.39 Å². The zero-order valence-corrected chi connectivity index (χ0v) is 13.6. The van der Waals surface area contributed by atoms with E-state index in [0.717, 1.165) is 31.3 Å². The van der Waals surface area contributed by atoms with E-state index in [-0.39, 0.29) is 11.7 Å². The molecule has 1 saturated heterocycles. The van der Waals surface area contributed by atoms with Gasteiger partial charge in [-0.3, -0.25) is 4.79 Å². The van der Waals surface area contributed by atoms with Crippen LogP contribution >= 0.6 is 38.5 Å². The summed E-state index contributed by atoms with van der Waals surface area (Å²) in [5, 5.41) is 0.928. The molecule has 18 heavy (non-hydrogen) atoms. The van der Waals surface area contributed by atoms with Crippen molar-refractivity contribution >= 4 is 44.4 Å². The third kappa shape index (κ3) is 3.23. The first kappa shape index (κ1) is 14.2. The molecule has 2 nitrogen and oxygen atoms in total. The number of hydrogen-bond acceptors (Lipinski definition) is 1. The summed E-state index contributed by atoms with van der Waals surface area (Å²) in [7, 11) is 0. The maximum atomic E-state index is 13.0. The molecule has 98 valence electrons. The van der Waals surface area contributed by atoms with E-state index in [1.54, 1.807) is 6.07 Å². The van der Waals surface area contributed by atoms with Crippen molar-refractivity contribution in [1.82, 2.24) is 4.90 Å². The van der Waals surface area contributed by atoms with Crippen molar-refractivity contribution in [2.24, 2.45) is 5.92 Å². The highest BCUT2D eigenvalue weighted by Crippen LogP contribution is 2.22. The molecule has 1 atom stereocenters. The van der Waals surface area contributed by atoms with Crippen molar-refractivity contribution in [3.63, 3.8) is 0 Å². The number of benzene rings is 1. The van der Waals surface area contributed by atoms with Crippen LogP contribution in [0.4, 0.5) is 4.39 Å². The van der Waals surface area contributed by atoms with E-state index in [4.69, 9.17) is 0 Å². The lowest BCUT2D eigenvalue weighted by atomic mass is 9.99. The number of nitrogens with zero attached hydrogens (tertiary/aromatic N) is 1. The van der Waals surface area contributed by atoms with Gasteiger partial charge in [-0.2, -0.15) is 0 Å². The fraction of sp³-hybridized carbons (Fsp3) is 0.462. The third-order valence-electron chi connectivity index (χ3n) is 3.19. The molecule has 0 aliphatic carbocycles. The molecule has 1 aliphatic heterocycles. The number of alkyl halides is 1. The number of carbonyl (C=O) groups is 1. The Hall–Kier alpha value is -0.170. The fourth-order valence-corrected chi connectivity index (χ4v) is 3.45. The number of piperidine rings is 1. The molecule has 1 heterocycles. The predicted octanol–water partition coefficient (Wildman–Crippen LogP) is 3.68. The molecule has 1 aromatic carbocycles. The van der Waals surface area contributed by atoms with Gasteiger partial charge < -0.3 is 4.90 Å². The lowest BCUT2D eigenvalue weighted by Crippen LogP contribution is -2.40. The van der Waals surface area contributed by atoms with Gasteiger partial charge in [-0.15, -0.1) is 0 Å². The summed E-state index contributed by atoms with van der Waals surface area (Å²) in [6.07, 6.45) is 2.20. The molecule has 0 spiro atoms. The average molecular weight is 426 g/mol. The van der Waals surface area contributed by atoms with Crippen LogP contribution in [0.3, 0.4) is 0 Å². The van der Waals surface area contributed by atoms with Crippen LogP contribution in [0.25, 0.3) is 0 Å². The third-order valence-corrected chi connectivity index (χ3v) is 4.99. The average Bonchev–Trinajstić information content (AvgIpc) is 2.38. The smallest absolute Gasteiger partial charge is 0.254 e. The molecule has 0 N–H and O–H groups in total. The van der Waals surface area contributed by atoms with Crippen LogP contribution in [0.2, 0.25) is 0 Å². The zero-order valence-electron chi connectivity index (χ0n) is 9.83. The Balaban J connectivity index is 2.15. The number of carbonyl (C=O) groups excluding carboxylic acids is 1. The zero-order chi connectivity index (χ0) is 13.1. The molecule has 0 aromatic heterocycles. The van der Waals surface area contributed by atoms with Crippen molar-refractivity contribution < 1.29 is 9.18 Å². The first-order chi connectivity index (χ1) is 8.61. The lowest BCUT2D eigenvalue weighted by molar-refractivity contribution is 0.0685. The van der Waals surface area contributed by atoms with E-state index in [9.17, 15) is 9.18 Å². The van der Waals surface area contributed by atoms with Crippen LogP contribution in [0.5, 0.6) is 0 Å². The summed E-state index contributed by atoms with van der Waals surface area (Å²) >= 11 is 5.49. The number of likely N-dealkylation sites (tertiary alicyclic amines) is 1. The Morgan fingerprint density at radius 3 is 3.00 bits per heavy atom. The normalized spacial score (nSPS) is 19.9. The van der Waals surface area contributed by atoms with Crippen molar-refractivity contribution in [2.75, 3.05) is 18.4 Å². The maximum Gasteiger partial charge on any atom is 0.254 e. The highest BCUT2D eigenvalue weighted by Gasteiger charge is 2.24. The second kappa shape index (κ2) is 6.32. The molecule has 0 saturated carbocycles. The van der Waals surface area contributed by atoms with Crippen molar-refractivity contribution in [1.29, 1.82) is 0 Å². The van der Waals surface area contributed by atoms with Gasteiger partial charge in [0.25, 0.3) is 5.91 Å². The fourth-order valence-electron chi connectivity index (χ4n) is 2.21. The summed E-state index contributed by atoms with van der Waals surface area (Å²) in [5.74, 6) is 0.249. The minimum absolute atomic E-state index is 0.0186. The highest BCUT2D eigenvalue weighted by molar-refractivity contribution is 14.1. The van der Waals surface area contributed by atoms with Gasteiger partial charge in [0.05, 0.1) is 5.56 Å². The Kier molecular flexibility index (Phi) is 5.00. The number of amides is 1. The van der Waals surface area contributed by atoms with Crippen LogP contribution in [0.1, 0.15) is 23.2 Å². The van der Waals surface area contributed by atoms with E-state index in [2.05, 4.69) is 15.9 Å². The topological polar surface area (TPSA) is 20.3 Å². The number of halogens is 3. The van der Waals surface area contributed by atoms with Gasteiger partial charge in [0.1, 0.15) is 5.82 Å². The van der Waals surface area contributed by atoms with E-state index >= 15 is 0 Å². The second-order valence-electron chi connectivity index (χ2n) is 4.54. The largest absolute Gasteiger partial charge is 0.338 e. The van der Waals surface area contributed by atoms with Crippen LogP contribution in [-0.4, -0.2) is 29.2 Å². The predicted molar refractivity (Wildman–Crippen MR) is 81.5 cm³/mol. The summed E-state index contributed by atoms with van der Waals surface area (Å²) in [6.45, 7) is 1.59. The molecule has 1 aromatic rings. The molecule has 0 radical (unpaired) electrons. The molecule has 5 heteroatoms. The Labute approximate surface area is 128 Å². The van der Waals surface area contributed by atoms with Crippen LogP contribution in [0, 0.1) is 15.3 Å². The Bertz CT molecular complexity index is 455. The van der Waals surface area contributed by atoms with Crippen LogP contribution < -0.4 is 0 Å². The van der Waals surface area contributed by atoms with Crippen molar-refractivity contribution in [3.05, 3.63) is 33.1 Å². The molecule has 0 bridgehead atoms. The molecule has 1 unspecified atom stereocenters. The van der Waals surface area contributed by atoms with Crippen LogP contribution in [-0.2, 0) is 0 Å². The number of rotatable bonds is 2. The molecular weight excluding hydrogens is 412 g/mol. The molecule has 1 amide bonds. The summed E-state index contributed by atoms with van der Waals surface area (Å²) < 4.78 is 13.7. The highest BCUT2D eigenvalue weighted by atomic mass is 127. The lowest BCUT2D eigenvalue weighted by Gasteiger charge is -2.32. The van der Waals surface area contributed by atoms with Crippen molar-refractivity contribution in [2.45, 2.75) is 12.8 Å². The first-order valence-electron chi connectivity index (χ1n) is 5.92. The molecule has 1 aliphatic rings. The Morgan fingerprint density at radius 2 is 2.33 bits per heavy atom. The SMILES string of the molecule is O=C(c1ccc(F)cc1I)N1CCCC(CBr)C1. The summed E-state index contributed by atoms with van der Waals surface area (Å²) in [6, 6.07) is 4.33. The van der Waals surface area contributed by atoms with Gasteiger partial charge in [0.15, 0.2) is 0 Å². The van der Waals surface area contributed by atoms with Gasteiger partial charge in [-0.1, -0.05) is 15.9 Å². The minimum Gasteiger partial charge on any atom is -0.338 e. The number of hydrogen-bond donors (Lipinski definition) is 0. The monoisotopic (exact) mass is 425 g/mol. The standard InChI is InChI=1S/C13H14BrFINO/c14-7-9-2-1-5-17(8-9)13(18)11-4-3-10(15)6-12(11)16/h3-4,6,9H,1-2,5,7-8H2. The summed E-state index contributed by atoms with van der Waals surface area (Å²) in [4.78, 5) is 14.3. The van der Waals surface area contributed by atoms with Gasteiger partial charge >= 0.3 is 0 Å². The van der Waals surface area contributed by atoms with Gasteiger partial charge in [0.2, 0.25) is 0 Å². The van der Waals surface area contributed by atoms with Crippen molar-refractivity contribution in [3.8, 4) is 0 Å². The minimum atomic E-state index is -0.298. The van der Waals surface area contributed by atoms with Gasteiger partial charge in [0, 0.05) is 22.0 Å². The molecule has 2 rings (SSSR count). The maximum absolute atomic E-state index is 13.0. The summed E-state index contributed by atoms with van der Waals surface area (Å²) in [5.41, 5.74) is 0.604. The Morgan fingerprint density at radius 1 is 1.56 bits per heavy atom. The molecule has 1 fully saturated rings. The molecular formula is C13H14BrFINO. The quantitative estimate of drug-likeness (QED) is 0.522. The van der Waals surface area contributed by atoms with E-state index in [1.165, 1.54) is 12.1 Å². The van der Waals surface area contributed by atoms with E-state index in [0.29, 0.717) is 15.1 Å². The van der Waals surface area contributed by atoms with Crippen LogP contribution in [0.15, 0.2) is 18.2 Å². The van der Waals surface area contributed by atoms with E-state index in [1.807, 2.05) is 27.5 Å². The van der Waals surface area contributed by atoms with E-state index < -0.39 is 0 Å². The van der Waals surface area contributed by atoms with Gasteiger partial charge in [-0.05, 0) is 59.5 Å². The second-order valence-corrected chi connectivity index (χ2v) is 6.35. The first-order valence-corrected chi connectivity index (χ1v) is 8.12.